The Morgan fingerprint density at radius 2 is 1.56 bits per heavy atom. The van der Waals surface area contributed by atoms with Crippen molar-refractivity contribution in [3.63, 3.8) is 0 Å². The monoisotopic (exact) mass is 354 g/mol. The van der Waals surface area contributed by atoms with Crippen molar-refractivity contribution in [2.45, 2.75) is 111 Å². The molecule has 4 nitrogen and oxygen atoms in total. The zero-order valence-electron chi connectivity index (χ0n) is 16.9. The van der Waals surface area contributed by atoms with Gasteiger partial charge in [0.05, 0.1) is 23.5 Å². The van der Waals surface area contributed by atoms with Crippen molar-refractivity contribution in [2.24, 2.45) is 11.3 Å². The van der Waals surface area contributed by atoms with Gasteiger partial charge >= 0.3 is 11.9 Å². The summed E-state index contributed by atoms with van der Waals surface area (Å²) in [4.78, 5) is 25.6. The molecule has 0 amide bonds. The van der Waals surface area contributed by atoms with Crippen molar-refractivity contribution < 1.29 is 19.1 Å². The van der Waals surface area contributed by atoms with Gasteiger partial charge in [-0.25, -0.2) is 0 Å². The van der Waals surface area contributed by atoms with Crippen molar-refractivity contribution >= 4 is 11.9 Å². The predicted molar refractivity (Wildman–Crippen MR) is 100 cm³/mol. The molecule has 0 radical (unpaired) electrons. The molecule has 0 saturated heterocycles. The van der Waals surface area contributed by atoms with Crippen LogP contribution < -0.4 is 0 Å². The van der Waals surface area contributed by atoms with Crippen LogP contribution in [0.2, 0.25) is 0 Å². The summed E-state index contributed by atoms with van der Waals surface area (Å²) in [6, 6.07) is 0. The summed E-state index contributed by atoms with van der Waals surface area (Å²) in [6.07, 6.45) is 9.20. The minimum atomic E-state index is -0.750. The van der Waals surface area contributed by atoms with E-state index < -0.39 is 5.41 Å². The molecule has 1 fully saturated rings. The summed E-state index contributed by atoms with van der Waals surface area (Å²) in [5.41, 5.74) is -0.750. The first-order chi connectivity index (χ1) is 11.8. The second kappa shape index (κ2) is 10.8. The third-order valence-corrected chi connectivity index (χ3v) is 5.51. The third-order valence-electron chi connectivity index (χ3n) is 5.51. The van der Waals surface area contributed by atoms with Crippen LogP contribution in [0.1, 0.15) is 98.8 Å². The lowest BCUT2D eigenvalue weighted by molar-refractivity contribution is -0.177. The molecule has 0 aromatic carbocycles. The second-order valence-electron chi connectivity index (χ2n) is 7.96. The maximum Gasteiger partial charge on any atom is 0.312 e. The van der Waals surface area contributed by atoms with Crippen molar-refractivity contribution in [1.82, 2.24) is 0 Å². The van der Waals surface area contributed by atoms with Gasteiger partial charge in [-0.05, 0) is 46.5 Å². The van der Waals surface area contributed by atoms with Gasteiger partial charge in [0, 0.05) is 0 Å². The van der Waals surface area contributed by atoms with Gasteiger partial charge in [-0.1, -0.05) is 52.4 Å². The Bertz CT molecular complexity index is 420. The highest BCUT2D eigenvalue weighted by molar-refractivity contribution is 5.85. The molecular weight excluding hydrogens is 316 g/mol. The molecule has 0 bridgehead atoms. The van der Waals surface area contributed by atoms with Crippen LogP contribution in [0.3, 0.4) is 0 Å². The molecule has 0 N–H and O–H groups in total. The van der Waals surface area contributed by atoms with E-state index in [4.69, 9.17) is 9.47 Å². The smallest absolute Gasteiger partial charge is 0.312 e. The fourth-order valence-corrected chi connectivity index (χ4v) is 3.65. The number of hydrogen-bond acceptors (Lipinski definition) is 4. The second-order valence-corrected chi connectivity index (χ2v) is 7.96. The maximum atomic E-state index is 12.8. The average Bonchev–Trinajstić information content (AvgIpc) is 2.58. The zero-order chi connectivity index (χ0) is 18.9. The first kappa shape index (κ1) is 22.0. The molecule has 0 aromatic heterocycles. The van der Waals surface area contributed by atoms with Crippen LogP contribution >= 0.6 is 0 Å². The van der Waals surface area contributed by atoms with E-state index >= 15 is 0 Å². The van der Waals surface area contributed by atoms with Crippen LogP contribution in [0.5, 0.6) is 0 Å². The molecule has 1 rings (SSSR count). The first-order valence-electron chi connectivity index (χ1n) is 10.3. The summed E-state index contributed by atoms with van der Waals surface area (Å²) in [5.74, 6) is -0.820. The Labute approximate surface area is 154 Å². The Kier molecular flexibility index (Phi) is 9.52. The number of unbranched alkanes of at least 4 members (excludes halogenated alkanes) is 2. The Balaban J connectivity index is 2.72. The van der Waals surface area contributed by atoms with E-state index in [0.29, 0.717) is 12.8 Å². The van der Waals surface area contributed by atoms with Gasteiger partial charge in [0.15, 0.2) is 0 Å². The zero-order valence-corrected chi connectivity index (χ0v) is 16.9. The highest BCUT2D eigenvalue weighted by Gasteiger charge is 2.49. The molecule has 4 unspecified atom stereocenters. The quantitative estimate of drug-likeness (QED) is 0.491. The highest BCUT2D eigenvalue weighted by Crippen LogP contribution is 2.43. The van der Waals surface area contributed by atoms with Crippen molar-refractivity contribution in [1.29, 1.82) is 0 Å². The fourth-order valence-electron chi connectivity index (χ4n) is 3.65. The van der Waals surface area contributed by atoms with Crippen molar-refractivity contribution in [2.75, 3.05) is 0 Å². The highest BCUT2D eigenvalue weighted by atomic mass is 16.6. The van der Waals surface area contributed by atoms with Crippen LogP contribution in [0.4, 0.5) is 0 Å². The van der Waals surface area contributed by atoms with Gasteiger partial charge in [-0.15, -0.1) is 0 Å². The fraction of sp³-hybridized carbons (Fsp3) is 0.905. The van der Waals surface area contributed by atoms with E-state index in [1.165, 1.54) is 0 Å². The Hall–Kier alpha value is -1.06. The molecule has 1 aliphatic rings. The summed E-state index contributed by atoms with van der Waals surface area (Å²) in [5, 5.41) is 0. The normalized spacial score (nSPS) is 25.9. The Morgan fingerprint density at radius 1 is 1.00 bits per heavy atom. The minimum absolute atomic E-state index is 0.0851. The lowest BCUT2D eigenvalue weighted by Crippen LogP contribution is -2.45. The largest absolute Gasteiger partial charge is 0.462 e. The van der Waals surface area contributed by atoms with Gasteiger partial charge in [-0.2, -0.15) is 0 Å². The summed E-state index contributed by atoms with van der Waals surface area (Å²) in [6.45, 7) is 10.0. The van der Waals surface area contributed by atoms with Crippen molar-refractivity contribution in [3.8, 4) is 0 Å². The number of carbonyl (C=O) groups is 2. The minimum Gasteiger partial charge on any atom is -0.462 e. The number of hydrogen-bond donors (Lipinski definition) is 0. The number of carbonyl (C=O) groups excluding carboxylic acids is 2. The van der Waals surface area contributed by atoms with Gasteiger partial charge < -0.3 is 9.47 Å². The van der Waals surface area contributed by atoms with Gasteiger partial charge in [0.25, 0.3) is 0 Å². The molecule has 1 saturated carbocycles. The van der Waals surface area contributed by atoms with Crippen LogP contribution in [-0.4, -0.2) is 24.1 Å². The summed E-state index contributed by atoms with van der Waals surface area (Å²) < 4.78 is 11.4. The van der Waals surface area contributed by atoms with Gasteiger partial charge in [-0.3, -0.25) is 9.59 Å². The van der Waals surface area contributed by atoms with Gasteiger partial charge in [0.1, 0.15) is 0 Å². The van der Waals surface area contributed by atoms with Gasteiger partial charge in [0.2, 0.25) is 0 Å². The molecule has 25 heavy (non-hydrogen) atoms. The topological polar surface area (TPSA) is 52.6 Å². The standard InChI is InChI=1S/C21H38O4/c1-6-8-12-16(3)24-19(22)18-14-10-11-15-21(18,5)20(23)25-17(4)13-9-7-2/h16-18H,6-15H2,1-5H3. The first-order valence-corrected chi connectivity index (χ1v) is 10.3. The average molecular weight is 355 g/mol. The van der Waals surface area contributed by atoms with E-state index in [1.807, 2.05) is 20.8 Å². The molecule has 0 heterocycles. The molecule has 4 atom stereocenters. The molecule has 0 aliphatic heterocycles. The maximum absolute atomic E-state index is 12.8. The molecular formula is C21H38O4. The van der Waals surface area contributed by atoms with Crippen LogP contribution in [0.15, 0.2) is 0 Å². The number of esters is 2. The summed E-state index contributed by atoms with van der Waals surface area (Å²) >= 11 is 0. The number of rotatable bonds is 10. The Morgan fingerprint density at radius 3 is 2.12 bits per heavy atom. The summed E-state index contributed by atoms with van der Waals surface area (Å²) in [7, 11) is 0. The van der Waals surface area contributed by atoms with E-state index in [0.717, 1.165) is 51.4 Å². The van der Waals surface area contributed by atoms with E-state index in [2.05, 4.69) is 13.8 Å². The van der Waals surface area contributed by atoms with Crippen LogP contribution in [0, 0.1) is 11.3 Å². The van der Waals surface area contributed by atoms with Crippen LogP contribution in [0.25, 0.3) is 0 Å². The third kappa shape index (κ3) is 6.63. The van der Waals surface area contributed by atoms with Crippen LogP contribution in [-0.2, 0) is 19.1 Å². The van der Waals surface area contributed by atoms with Crippen molar-refractivity contribution in [3.05, 3.63) is 0 Å². The molecule has 1 aliphatic carbocycles. The number of ether oxygens (including phenoxy) is 2. The van der Waals surface area contributed by atoms with E-state index in [9.17, 15) is 9.59 Å². The lowest BCUT2D eigenvalue weighted by Gasteiger charge is -2.38. The molecule has 146 valence electrons. The van der Waals surface area contributed by atoms with E-state index in [-0.39, 0.29) is 30.1 Å². The lowest BCUT2D eigenvalue weighted by atomic mass is 9.67. The SMILES string of the molecule is CCCCC(C)OC(=O)C1CCCCC1(C)C(=O)OC(C)CCCC. The molecule has 0 aromatic rings. The van der Waals surface area contributed by atoms with E-state index in [1.54, 1.807) is 0 Å². The molecule has 0 spiro atoms. The molecule has 4 heteroatoms. The predicted octanol–water partition coefficient (Wildman–Crippen LogP) is 5.43.